The number of aromatic nitrogens is 2. The maximum atomic E-state index is 13.1. The van der Waals surface area contributed by atoms with Crippen LogP contribution in [0.4, 0.5) is 11.5 Å². The van der Waals surface area contributed by atoms with Crippen LogP contribution in [0.25, 0.3) is 10.8 Å². The van der Waals surface area contributed by atoms with Crippen molar-refractivity contribution in [2.75, 3.05) is 77.3 Å². The minimum Gasteiger partial charge on any atom is -0.463 e. The van der Waals surface area contributed by atoms with Crippen molar-refractivity contribution in [3.63, 3.8) is 0 Å². The van der Waals surface area contributed by atoms with E-state index in [9.17, 15) is 14.9 Å². The number of hydrogen-bond acceptors (Lipinski definition) is 9. The molecule has 1 fully saturated rings. The number of benzene rings is 2. The Balaban J connectivity index is 1.45. The van der Waals surface area contributed by atoms with Crippen LogP contribution < -0.4 is 14.5 Å². The molecule has 0 radical (unpaired) electrons. The third kappa shape index (κ3) is 7.40. The maximum absolute atomic E-state index is 13.1. The van der Waals surface area contributed by atoms with Crippen molar-refractivity contribution in [1.29, 1.82) is 5.26 Å². The summed E-state index contributed by atoms with van der Waals surface area (Å²) in [6.07, 6.45) is 4.64. The van der Waals surface area contributed by atoms with Gasteiger partial charge in [-0.3, -0.25) is 9.59 Å². The molecule has 2 aliphatic heterocycles. The zero-order valence-corrected chi connectivity index (χ0v) is 27.6. The molecule has 0 spiro atoms. The summed E-state index contributed by atoms with van der Waals surface area (Å²) >= 11 is 0. The highest BCUT2D eigenvalue weighted by Crippen LogP contribution is 2.36. The number of likely N-dealkylation sites (N-methyl/N-ethyl adjacent to an activating group) is 1. The molecule has 5 rings (SSSR count). The minimum absolute atomic E-state index is 0.0320. The van der Waals surface area contributed by atoms with Gasteiger partial charge in [-0.1, -0.05) is 36.4 Å². The Hall–Kier alpha value is -4.69. The summed E-state index contributed by atoms with van der Waals surface area (Å²) in [5.74, 6) is 0.670. The van der Waals surface area contributed by atoms with Gasteiger partial charge in [0.15, 0.2) is 0 Å². The Labute approximate surface area is 271 Å². The summed E-state index contributed by atoms with van der Waals surface area (Å²) in [5, 5.41) is 12.1. The van der Waals surface area contributed by atoms with Crippen LogP contribution in [0.1, 0.15) is 29.7 Å². The number of fused-ring (bicyclic) bond motifs is 2. The van der Waals surface area contributed by atoms with E-state index < -0.39 is 0 Å². The molecular formula is C35H44N8O3. The molecule has 0 unspecified atom stereocenters. The van der Waals surface area contributed by atoms with Crippen LogP contribution in [0.15, 0.2) is 48.6 Å². The fourth-order valence-corrected chi connectivity index (χ4v) is 6.22. The predicted molar refractivity (Wildman–Crippen MR) is 180 cm³/mol. The lowest BCUT2D eigenvalue weighted by Crippen LogP contribution is -2.55. The first-order valence-corrected chi connectivity index (χ1v) is 15.9. The van der Waals surface area contributed by atoms with Gasteiger partial charge in [0.1, 0.15) is 12.4 Å². The van der Waals surface area contributed by atoms with Crippen LogP contribution in [0.2, 0.25) is 0 Å². The largest absolute Gasteiger partial charge is 0.463 e. The molecule has 2 aliphatic rings. The highest BCUT2D eigenvalue weighted by Gasteiger charge is 2.33. The maximum Gasteiger partial charge on any atom is 0.318 e. The van der Waals surface area contributed by atoms with Gasteiger partial charge in [-0.25, -0.2) is 0 Å². The van der Waals surface area contributed by atoms with E-state index in [0.717, 1.165) is 30.0 Å². The van der Waals surface area contributed by atoms with E-state index in [2.05, 4.69) is 59.2 Å². The Morgan fingerprint density at radius 1 is 1.07 bits per heavy atom. The molecule has 3 aromatic rings. The topological polar surface area (TPSA) is 109 Å². The molecule has 1 aromatic heterocycles. The first-order chi connectivity index (χ1) is 22.2. The van der Waals surface area contributed by atoms with Crippen LogP contribution in [0.5, 0.6) is 6.01 Å². The van der Waals surface area contributed by atoms with Crippen molar-refractivity contribution < 1.29 is 14.3 Å². The van der Waals surface area contributed by atoms with Gasteiger partial charge in [0, 0.05) is 69.5 Å². The van der Waals surface area contributed by atoms with E-state index in [0.29, 0.717) is 32.7 Å². The molecule has 2 aromatic carbocycles. The predicted octanol–water partition coefficient (Wildman–Crippen LogP) is 3.41. The summed E-state index contributed by atoms with van der Waals surface area (Å²) < 4.78 is 6.01. The standard InChI is InChI=1S/C35H44N8O3/c1-25-9-6-10-26-11-7-12-30(33(25)26)41-19-15-28-29(24-41)37-35(46-22-16-31(44)40(4)5)38-34(28)42-20-21-43(27(23-42)14-17-36)32(45)13-8-18-39(2)3/h6-13,27H,14-16,18-24H2,1-5H3/b13-8+/t27-/m0/s1. The molecule has 0 saturated carbocycles. The van der Waals surface area contributed by atoms with Gasteiger partial charge in [-0.15, -0.1) is 0 Å². The van der Waals surface area contributed by atoms with E-state index in [1.165, 1.54) is 22.0 Å². The Bertz CT molecular complexity index is 1640. The van der Waals surface area contributed by atoms with Crippen LogP contribution in [-0.2, 0) is 22.6 Å². The number of carbonyl (C=O) groups excluding carboxylic acids is 2. The molecule has 11 nitrogen and oxygen atoms in total. The van der Waals surface area contributed by atoms with E-state index in [1.54, 1.807) is 30.0 Å². The SMILES string of the molecule is Cc1cccc2cccc(N3CCc4c(nc(OCCC(=O)N(C)C)nc4N4CCN(C(=O)/C=C/CN(C)C)[C@@H](CC#N)C4)C3)c12. The third-order valence-electron chi connectivity index (χ3n) is 8.62. The number of amides is 2. The van der Waals surface area contributed by atoms with E-state index in [4.69, 9.17) is 14.7 Å². The molecule has 11 heteroatoms. The smallest absolute Gasteiger partial charge is 0.318 e. The number of hydrogen-bond donors (Lipinski definition) is 0. The molecule has 0 N–H and O–H groups in total. The van der Waals surface area contributed by atoms with Gasteiger partial charge in [-0.05, 0) is 44.5 Å². The normalized spacial score (nSPS) is 16.5. The monoisotopic (exact) mass is 624 g/mol. The van der Waals surface area contributed by atoms with Gasteiger partial charge in [-0.2, -0.15) is 15.2 Å². The first-order valence-electron chi connectivity index (χ1n) is 15.9. The van der Waals surface area contributed by atoms with Crippen LogP contribution >= 0.6 is 0 Å². The zero-order chi connectivity index (χ0) is 32.8. The van der Waals surface area contributed by atoms with Gasteiger partial charge < -0.3 is 29.2 Å². The Morgan fingerprint density at radius 2 is 1.85 bits per heavy atom. The molecule has 3 heterocycles. The van der Waals surface area contributed by atoms with Crippen molar-refractivity contribution in [2.45, 2.75) is 38.8 Å². The van der Waals surface area contributed by atoms with Crippen LogP contribution in [0.3, 0.4) is 0 Å². The number of nitriles is 1. The lowest BCUT2D eigenvalue weighted by molar-refractivity contribution is -0.129. The zero-order valence-electron chi connectivity index (χ0n) is 27.6. The second-order valence-electron chi connectivity index (χ2n) is 12.4. The number of anilines is 2. The number of nitrogens with zero attached hydrogens (tertiary/aromatic N) is 8. The van der Waals surface area contributed by atoms with E-state index >= 15 is 0 Å². The third-order valence-corrected chi connectivity index (χ3v) is 8.62. The summed E-state index contributed by atoms with van der Waals surface area (Å²) in [7, 11) is 7.35. The van der Waals surface area contributed by atoms with E-state index in [1.807, 2.05) is 25.1 Å². The van der Waals surface area contributed by atoms with Crippen LogP contribution in [0, 0.1) is 18.3 Å². The second kappa shape index (κ2) is 14.6. The Morgan fingerprint density at radius 3 is 2.59 bits per heavy atom. The molecule has 1 saturated heterocycles. The fourth-order valence-electron chi connectivity index (χ4n) is 6.22. The molecule has 0 bridgehead atoms. The lowest BCUT2D eigenvalue weighted by atomic mass is 9.99. The van der Waals surface area contributed by atoms with Gasteiger partial charge in [0.05, 0.1) is 37.2 Å². The number of ether oxygens (including phenoxy) is 1. The van der Waals surface area contributed by atoms with E-state index in [-0.39, 0.29) is 43.3 Å². The number of rotatable bonds is 10. The highest BCUT2D eigenvalue weighted by molar-refractivity contribution is 5.97. The van der Waals surface area contributed by atoms with Crippen molar-refractivity contribution >= 4 is 34.1 Å². The molecular weight excluding hydrogens is 580 g/mol. The molecule has 242 valence electrons. The fraction of sp³-hybridized carbons (Fsp3) is 0.457. The average Bonchev–Trinajstić information content (AvgIpc) is 3.03. The summed E-state index contributed by atoms with van der Waals surface area (Å²) in [4.78, 5) is 45.0. The van der Waals surface area contributed by atoms with Crippen molar-refractivity contribution in [2.24, 2.45) is 0 Å². The summed E-state index contributed by atoms with van der Waals surface area (Å²) in [5.41, 5.74) is 4.34. The molecule has 0 aliphatic carbocycles. The highest BCUT2D eigenvalue weighted by atomic mass is 16.5. The molecule has 1 atom stereocenters. The quantitative estimate of drug-likeness (QED) is 0.314. The van der Waals surface area contributed by atoms with Crippen LogP contribution in [-0.4, -0.2) is 110 Å². The van der Waals surface area contributed by atoms with Gasteiger partial charge in [0.2, 0.25) is 11.8 Å². The van der Waals surface area contributed by atoms with Crippen molar-refractivity contribution in [3.05, 3.63) is 65.4 Å². The number of carbonyl (C=O) groups is 2. The average molecular weight is 625 g/mol. The molecule has 2 amide bonds. The van der Waals surface area contributed by atoms with Crippen molar-refractivity contribution in [3.8, 4) is 12.1 Å². The second-order valence-corrected chi connectivity index (χ2v) is 12.4. The number of piperazine rings is 1. The van der Waals surface area contributed by atoms with Gasteiger partial charge >= 0.3 is 6.01 Å². The first kappa shape index (κ1) is 32.7. The minimum atomic E-state index is -0.276. The van der Waals surface area contributed by atoms with Crippen molar-refractivity contribution in [1.82, 2.24) is 24.7 Å². The van der Waals surface area contributed by atoms with Gasteiger partial charge in [0.25, 0.3) is 0 Å². The number of aryl methyl sites for hydroxylation is 1. The lowest BCUT2D eigenvalue weighted by Gasteiger charge is -2.42. The summed E-state index contributed by atoms with van der Waals surface area (Å²) in [6.45, 7) is 5.89. The molecule has 46 heavy (non-hydrogen) atoms. The Kier molecular flexibility index (Phi) is 10.4. The summed E-state index contributed by atoms with van der Waals surface area (Å²) in [6, 6.07) is 15.0.